The third-order valence-corrected chi connectivity index (χ3v) is 7.29. The van der Waals surface area contributed by atoms with Crippen molar-refractivity contribution in [3.05, 3.63) is 82.9 Å². The third-order valence-electron chi connectivity index (χ3n) is 6.54. The van der Waals surface area contributed by atoms with Crippen LogP contribution in [-0.4, -0.2) is 44.2 Å². The molecule has 0 radical (unpaired) electrons. The van der Waals surface area contributed by atoms with E-state index in [0.29, 0.717) is 28.3 Å². The SMILES string of the molecule is CCc1ccc(NC(=O)[C@@H]2c3cc(OC)c(OC)cc3C(=O)N(C)[C@H]2c2ccc(SC)cc2)cc1. The Balaban J connectivity index is 1.84. The van der Waals surface area contributed by atoms with Crippen LogP contribution in [0.15, 0.2) is 65.6 Å². The highest BCUT2D eigenvalue weighted by molar-refractivity contribution is 7.98. The van der Waals surface area contributed by atoms with Crippen molar-refractivity contribution in [1.29, 1.82) is 0 Å². The summed E-state index contributed by atoms with van der Waals surface area (Å²) in [4.78, 5) is 30.1. The number of ether oxygens (including phenoxy) is 2. The number of amides is 2. The highest BCUT2D eigenvalue weighted by atomic mass is 32.2. The summed E-state index contributed by atoms with van der Waals surface area (Å²) >= 11 is 1.64. The van der Waals surface area contributed by atoms with E-state index in [-0.39, 0.29) is 11.8 Å². The van der Waals surface area contributed by atoms with Crippen LogP contribution in [0.5, 0.6) is 11.5 Å². The molecule has 0 bridgehead atoms. The fourth-order valence-corrected chi connectivity index (χ4v) is 5.00. The monoisotopic (exact) mass is 490 g/mol. The first-order valence-electron chi connectivity index (χ1n) is 11.5. The number of rotatable bonds is 7. The molecule has 0 spiro atoms. The van der Waals surface area contributed by atoms with E-state index in [4.69, 9.17) is 9.47 Å². The van der Waals surface area contributed by atoms with E-state index < -0.39 is 12.0 Å². The molecular weight excluding hydrogens is 460 g/mol. The average Bonchev–Trinajstić information content (AvgIpc) is 2.90. The highest BCUT2D eigenvalue weighted by Crippen LogP contribution is 2.46. The Hall–Kier alpha value is -3.45. The summed E-state index contributed by atoms with van der Waals surface area (Å²) < 4.78 is 11.0. The third kappa shape index (κ3) is 4.73. The molecular formula is C28H30N2O4S. The van der Waals surface area contributed by atoms with Crippen molar-refractivity contribution >= 4 is 29.3 Å². The number of hydrogen-bond donors (Lipinski definition) is 1. The topological polar surface area (TPSA) is 67.9 Å². The van der Waals surface area contributed by atoms with Crippen molar-refractivity contribution < 1.29 is 19.1 Å². The molecule has 0 fully saturated rings. The van der Waals surface area contributed by atoms with Crippen molar-refractivity contribution in [3.63, 3.8) is 0 Å². The van der Waals surface area contributed by atoms with Gasteiger partial charge in [-0.2, -0.15) is 0 Å². The molecule has 1 heterocycles. The predicted molar refractivity (Wildman–Crippen MR) is 140 cm³/mol. The Kier molecular flexibility index (Phi) is 7.36. The van der Waals surface area contributed by atoms with Crippen LogP contribution in [0.25, 0.3) is 0 Å². The largest absolute Gasteiger partial charge is 0.493 e. The number of carbonyl (C=O) groups is 2. The van der Waals surface area contributed by atoms with Gasteiger partial charge in [-0.05, 0) is 65.8 Å². The fourth-order valence-electron chi connectivity index (χ4n) is 4.59. The van der Waals surface area contributed by atoms with E-state index in [2.05, 4.69) is 12.2 Å². The van der Waals surface area contributed by atoms with E-state index in [9.17, 15) is 9.59 Å². The van der Waals surface area contributed by atoms with E-state index in [1.165, 1.54) is 12.7 Å². The average molecular weight is 491 g/mol. The molecule has 1 aliphatic rings. The zero-order valence-electron chi connectivity index (χ0n) is 20.6. The first-order chi connectivity index (χ1) is 16.9. The lowest BCUT2D eigenvalue weighted by atomic mass is 9.79. The number of methoxy groups -OCH3 is 2. The number of fused-ring (bicyclic) bond motifs is 1. The number of anilines is 1. The molecule has 35 heavy (non-hydrogen) atoms. The molecule has 0 saturated carbocycles. The second-order valence-electron chi connectivity index (χ2n) is 8.45. The summed E-state index contributed by atoms with van der Waals surface area (Å²) in [5.41, 5.74) is 3.85. The summed E-state index contributed by atoms with van der Waals surface area (Å²) in [7, 11) is 4.82. The van der Waals surface area contributed by atoms with Crippen molar-refractivity contribution in [2.24, 2.45) is 0 Å². The Morgan fingerprint density at radius 1 is 1.00 bits per heavy atom. The van der Waals surface area contributed by atoms with Crippen LogP contribution in [0.1, 0.15) is 45.9 Å². The van der Waals surface area contributed by atoms with Gasteiger partial charge in [0, 0.05) is 23.2 Å². The van der Waals surface area contributed by atoms with Crippen molar-refractivity contribution in [2.45, 2.75) is 30.2 Å². The van der Waals surface area contributed by atoms with Gasteiger partial charge < -0.3 is 19.7 Å². The molecule has 3 aromatic carbocycles. The maximum Gasteiger partial charge on any atom is 0.254 e. The van der Waals surface area contributed by atoms with E-state index in [1.54, 1.807) is 43.0 Å². The maximum absolute atomic E-state index is 13.9. The molecule has 6 nitrogen and oxygen atoms in total. The van der Waals surface area contributed by atoms with Gasteiger partial charge in [-0.1, -0.05) is 31.2 Å². The van der Waals surface area contributed by atoms with E-state index in [0.717, 1.165) is 16.9 Å². The van der Waals surface area contributed by atoms with Gasteiger partial charge in [0.1, 0.15) is 0 Å². The molecule has 3 aromatic rings. The zero-order chi connectivity index (χ0) is 25.1. The molecule has 4 rings (SSSR count). The van der Waals surface area contributed by atoms with Gasteiger partial charge in [0.15, 0.2) is 11.5 Å². The van der Waals surface area contributed by atoms with Crippen molar-refractivity contribution in [1.82, 2.24) is 4.90 Å². The van der Waals surface area contributed by atoms with Crippen LogP contribution >= 0.6 is 11.8 Å². The number of thioether (sulfide) groups is 1. The number of carbonyl (C=O) groups excluding carboxylic acids is 2. The minimum Gasteiger partial charge on any atom is -0.493 e. The second kappa shape index (κ2) is 10.4. The smallest absolute Gasteiger partial charge is 0.254 e. The summed E-state index contributed by atoms with van der Waals surface area (Å²) in [5.74, 6) is -0.0917. The van der Waals surface area contributed by atoms with Gasteiger partial charge >= 0.3 is 0 Å². The van der Waals surface area contributed by atoms with Gasteiger partial charge in [0.2, 0.25) is 5.91 Å². The molecule has 0 aliphatic carbocycles. The molecule has 0 saturated heterocycles. The Morgan fingerprint density at radius 2 is 1.63 bits per heavy atom. The number of aryl methyl sites for hydroxylation is 1. The number of likely N-dealkylation sites (N-methyl/N-ethyl adjacent to an activating group) is 1. The Bertz CT molecular complexity index is 1220. The van der Waals surface area contributed by atoms with Crippen LogP contribution < -0.4 is 14.8 Å². The van der Waals surface area contributed by atoms with Crippen molar-refractivity contribution in [2.75, 3.05) is 32.8 Å². The Morgan fingerprint density at radius 3 is 2.20 bits per heavy atom. The quantitative estimate of drug-likeness (QED) is 0.441. The molecule has 1 N–H and O–H groups in total. The first kappa shape index (κ1) is 24.7. The lowest BCUT2D eigenvalue weighted by Gasteiger charge is -2.40. The maximum atomic E-state index is 13.9. The molecule has 2 amide bonds. The summed E-state index contributed by atoms with van der Waals surface area (Å²) in [6.45, 7) is 2.09. The minimum atomic E-state index is -0.654. The normalized spacial score (nSPS) is 17.1. The van der Waals surface area contributed by atoms with Gasteiger partial charge in [0.05, 0.1) is 26.2 Å². The van der Waals surface area contributed by atoms with Gasteiger partial charge in [0.25, 0.3) is 5.91 Å². The summed E-state index contributed by atoms with van der Waals surface area (Å²) in [5, 5.41) is 3.07. The number of nitrogens with one attached hydrogen (secondary N) is 1. The standard InChI is InChI=1S/C28H30N2O4S/c1-6-17-7-11-19(12-8-17)29-27(31)25-21-15-23(33-3)24(34-4)16-22(21)28(32)30(2)26(25)18-9-13-20(35-5)14-10-18/h7-16,25-26H,6H2,1-5H3,(H,29,31)/t25-,26+/m1/s1. The fraction of sp³-hybridized carbons (Fsp3) is 0.286. The zero-order valence-corrected chi connectivity index (χ0v) is 21.4. The number of benzene rings is 3. The molecule has 0 aromatic heterocycles. The van der Waals surface area contributed by atoms with E-state index in [1.807, 2.05) is 54.8 Å². The van der Waals surface area contributed by atoms with Crippen LogP contribution in [0.2, 0.25) is 0 Å². The van der Waals surface area contributed by atoms with Crippen LogP contribution in [-0.2, 0) is 11.2 Å². The molecule has 0 unspecified atom stereocenters. The highest BCUT2D eigenvalue weighted by Gasteiger charge is 2.43. The molecule has 1 aliphatic heterocycles. The van der Waals surface area contributed by atoms with Crippen LogP contribution in [0.4, 0.5) is 5.69 Å². The van der Waals surface area contributed by atoms with Crippen molar-refractivity contribution in [3.8, 4) is 11.5 Å². The summed E-state index contributed by atoms with van der Waals surface area (Å²) in [6.07, 6.45) is 2.94. The number of nitrogens with zero attached hydrogens (tertiary/aromatic N) is 1. The molecule has 7 heteroatoms. The molecule has 2 atom stereocenters. The summed E-state index contributed by atoms with van der Waals surface area (Å²) in [6, 6.07) is 18.8. The molecule has 182 valence electrons. The minimum absolute atomic E-state index is 0.170. The van der Waals surface area contributed by atoms with Gasteiger partial charge in [-0.3, -0.25) is 9.59 Å². The van der Waals surface area contributed by atoms with E-state index >= 15 is 0 Å². The first-order valence-corrected chi connectivity index (χ1v) is 12.7. The predicted octanol–water partition coefficient (Wildman–Crippen LogP) is 5.54. The lowest BCUT2D eigenvalue weighted by molar-refractivity contribution is -0.119. The van der Waals surface area contributed by atoms with Gasteiger partial charge in [-0.15, -0.1) is 11.8 Å². The lowest BCUT2D eigenvalue weighted by Crippen LogP contribution is -2.44. The van der Waals surface area contributed by atoms with Crippen LogP contribution in [0.3, 0.4) is 0 Å². The van der Waals surface area contributed by atoms with Crippen LogP contribution in [0, 0.1) is 0 Å². The van der Waals surface area contributed by atoms with Gasteiger partial charge in [-0.25, -0.2) is 0 Å². The Labute approximate surface area is 210 Å². The number of hydrogen-bond acceptors (Lipinski definition) is 5. The second-order valence-corrected chi connectivity index (χ2v) is 9.33.